The molecular formula is C19H25ClN2S. The Morgan fingerprint density at radius 1 is 1.13 bits per heavy atom. The van der Waals surface area contributed by atoms with Gasteiger partial charge in [-0.05, 0) is 55.3 Å². The number of unbranched alkanes of at least 4 members (excludes halogenated alkanes) is 1. The summed E-state index contributed by atoms with van der Waals surface area (Å²) in [5.41, 5.74) is 0. The molecule has 0 aliphatic carbocycles. The lowest BCUT2D eigenvalue weighted by Gasteiger charge is -2.31. The Kier molecular flexibility index (Phi) is 6.23. The van der Waals surface area contributed by atoms with Gasteiger partial charge in [0.05, 0.1) is 0 Å². The summed E-state index contributed by atoms with van der Waals surface area (Å²) >= 11 is 8.20. The molecular weight excluding hydrogens is 324 g/mol. The lowest BCUT2D eigenvalue weighted by atomic mass is 10.1. The number of fused-ring (bicyclic) bond motifs is 1. The van der Waals surface area contributed by atoms with Gasteiger partial charge >= 0.3 is 0 Å². The second-order valence-electron chi connectivity index (χ2n) is 6.19. The molecule has 0 amide bonds. The van der Waals surface area contributed by atoms with E-state index in [0.717, 1.165) is 30.0 Å². The van der Waals surface area contributed by atoms with Crippen molar-refractivity contribution in [2.75, 3.05) is 19.6 Å². The molecule has 1 fully saturated rings. The zero-order chi connectivity index (χ0) is 16.1. The summed E-state index contributed by atoms with van der Waals surface area (Å²) in [6.45, 7) is 5.70. The lowest BCUT2D eigenvalue weighted by Crippen LogP contribution is -2.40. The summed E-state index contributed by atoms with van der Waals surface area (Å²) in [5, 5.41) is 6.93. The van der Waals surface area contributed by atoms with Gasteiger partial charge in [0.15, 0.2) is 0 Å². The Balaban J connectivity index is 1.60. The maximum atomic E-state index is 6.32. The van der Waals surface area contributed by atoms with Crippen LogP contribution >= 0.6 is 23.5 Å². The van der Waals surface area contributed by atoms with E-state index in [2.05, 4.69) is 40.8 Å². The molecule has 0 unspecified atom stereocenters. The van der Waals surface area contributed by atoms with Crippen LogP contribution in [0, 0.1) is 0 Å². The molecule has 1 heterocycles. The minimum absolute atomic E-state index is 0.695. The van der Waals surface area contributed by atoms with Crippen molar-refractivity contribution in [1.29, 1.82) is 0 Å². The van der Waals surface area contributed by atoms with Crippen LogP contribution in [0.25, 0.3) is 10.8 Å². The van der Waals surface area contributed by atoms with E-state index in [1.54, 1.807) is 0 Å². The number of halogens is 1. The van der Waals surface area contributed by atoms with Gasteiger partial charge in [-0.1, -0.05) is 49.2 Å². The molecule has 0 radical (unpaired) electrons. The van der Waals surface area contributed by atoms with E-state index in [0.29, 0.717) is 6.04 Å². The first-order valence-electron chi connectivity index (χ1n) is 8.61. The highest BCUT2D eigenvalue weighted by Crippen LogP contribution is 2.34. The molecule has 2 nitrogen and oxygen atoms in total. The van der Waals surface area contributed by atoms with Crippen molar-refractivity contribution in [3.05, 3.63) is 41.4 Å². The monoisotopic (exact) mass is 348 g/mol. The predicted molar refractivity (Wildman–Crippen MR) is 102 cm³/mol. The van der Waals surface area contributed by atoms with Crippen molar-refractivity contribution in [1.82, 2.24) is 9.62 Å². The van der Waals surface area contributed by atoms with Crippen LogP contribution in [-0.4, -0.2) is 30.0 Å². The zero-order valence-corrected chi connectivity index (χ0v) is 15.3. The zero-order valence-electron chi connectivity index (χ0n) is 13.7. The van der Waals surface area contributed by atoms with Crippen LogP contribution in [0.3, 0.4) is 0 Å². The Morgan fingerprint density at radius 2 is 1.87 bits per heavy atom. The molecule has 1 saturated heterocycles. The average molecular weight is 349 g/mol. The fourth-order valence-electron chi connectivity index (χ4n) is 3.10. The maximum Gasteiger partial charge on any atom is 0.0484 e. The van der Waals surface area contributed by atoms with Crippen LogP contribution in [0.2, 0.25) is 5.02 Å². The van der Waals surface area contributed by atoms with Crippen LogP contribution in [0.15, 0.2) is 41.3 Å². The fraction of sp³-hybridized carbons (Fsp3) is 0.474. The highest BCUT2D eigenvalue weighted by atomic mass is 35.5. The van der Waals surface area contributed by atoms with Crippen LogP contribution in [0.1, 0.15) is 32.6 Å². The second kappa shape index (κ2) is 8.39. The Hall–Kier alpha value is -0.740. The Bertz CT molecular complexity index is 638. The smallest absolute Gasteiger partial charge is 0.0484 e. The number of piperidine rings is 1. The van der Waals surface area contributed by atoms with E-state index < -0.39 is 0 Å². The summed E-state index contributed by atoms with van der Waals surface area (Å²) in [4.78, 5) is 1.31. The molecule has 0 aromatic heterocycles. The maximum absolute atomic E-state index is 6.32. The van der Waals surface area contributed by atoms with Gasteiger partial charge < -0.3 is 5.32 Å². The average Bonchev–Trinajstić information content (AvgIpc) is 2.58. The molecule has 1 aliphatic rings. The molecule has 2 aromatic carbocycles. The van der Waals surface area contributed by atoms with Gasteiger partial charge in [-0.25, -0.2) is 4.31 Å². The molecule has 0 spiro atoms. The first kappa shape index (κ1) is 17.1. The van der Waals surface area contributed by atoms with Gasteiger partial charge in [0.2, 0.25) is 0 Å². The molecule has 0 bridgehead atoms. The van der Waals surface area contributed by atoms with Gasteiger partial charge in [-0.15, -0.1) is 0 Å². The van der Waals surface area contributed by atoms with E-state index in [1.165, 1.54) is 36.0 Å². The molecule has 1 aliphatic heterocycles. The minimum Gasteiger partial charge on any atom is -0.314 e. The largest absolute Gasteiger partial charge is 0.314 e. The number of nitrogens with one attached hydrogen (secondary N) is 1. The molecule has 1 N–H and O–H groups in total. The Morgan fingerprint density at radius 3 is 2.65 bits per heavy atom. The van der Waals surface area contributed by atoms with Crippen LogP contribution in [0.5, 0.6) is 0 Å². The van der Waals surface area contributed by atoms with E-state index in [4.69, 9.17) is 11.6 Å². The van der Waals surface area contributed by atoms with Crippen molar-refractivity contribution >= 4 is 34.3 Å². The quantitative estimate of drug-likeness (QED) is 0.559. The topological polar surface area (TPSA) is 15.3 Å². The minimum atomic E-state index is 0.695. The second-order valence-corrected chi connectivity index (χ2v) is 7.74. The van der Waals surface area contributed by atoms with Crippen molar-refractivity contribution < 1.29 is 0 Å². The first-order valence-corrected chi connectivity index (χ1v) is 9.76. The van der Waals surface area contributed by atoms with Gasteiger partial charge in [-0.3, -0.25) is 0 Å². The third-order valence-corrected chi connectivity index (χ3v) is 5.98. The highest BCUT2D eigenvalue weighted by Gasteiger charge is 2.20. The van der Waals surface area contributed by atoms with Crippen LogP contribution < -0.4 is 5.32 Å². The molecule has 2 aromatic rings. The Labute approximate surface area is 148 Å². The molecule has 3 rings (SSSR count). The van der Waals surface area contributed by atoms with Gasteiger partial charge in [0.1, 0.15) is 0 Å². The van der Waals surface area contributed by atoms with Crippen molar-refractivity contribution in [3.8, 4) is 0 Å². The van der Waals surface area contributed by atoms with Gasteiger partial charge in [0, 0.05) is 34.4 Å². The number of hydrogen-bond acceptors (Lipinski definition) is 3. The summed E-state index contributed by atoms with van der Waals surface area (Å²) in [7, 11) is 0. The van der Waals surface area contributed by atoms with Crippen molar-refractivity contribution in [3.63, 3.8) is 0 Å². The van der Waals surface area contributed by atoms with E-state index in [-0.39, 0.29) is 0 Å². The SMILES string of the molecule is CCCCNC1CCN(Sc2cccc3c(Cl)cccc23)CC1. The van der Waals surface area contributed by atoms with E-state index in [9.17, 15) is 0 Å². The lowest BCUT2D eigenvalue weighted by molar-refractivity contribution is 0.307. The van der Waals surface area contributed by atoms with E-state index in [1.807, 2.05) is 24.1 Å². The number of rotatable bonds is 6. The highest BCUT2D eigenvalue weighted by molar-refractivity contribution is 7.97. The molecule has 0 atom stereocenters. The van der Waals surface area contributed by atoms with Crippen LogP contribution in [0.4, 0.5) is 0 Å². The normalized spacial score (nSPS) is 17.0. The van der Waals surface area contributed by atoms with Gasteiger partial charge in [-0.2, -0.15) is 0 Å². The van der Waals surface area contributed by atoms with Crippen molar-refractivity contribution in [2.45, 2.75) is 43.5 Å². The van der Waals surface area contributed by atoms with Crippen molar-refractivity contribution in [2.24, 2.45) is 0 Å². The molecule has 23 heavy (non-hydrogen) atoms. The summed E-state index contributed by atoms with van der Waals surface area (Å²) in [5.74, 6) is 0. The third kappa shape index (κ3) is 4.42. The number of nitrogens with zero attached hydrogens (tertiary/aromatic N) is 1. The molecule has 0 saturated carbocycles. The van der Waals surface area contributed by atoms with Gasteiger partial charge in [0.25, 0.3) is 0 Å². The fourth-order valence-corrected chi connectivity index (χ4v) is 4.42. The number of benzene rings is 2. The third-order valence-electron chi connectivity index (χ3n) is 4.47. The molecule has 4 heteroatoms. The number of hydrogen-bond donors (Lipinski definition) is 1. The first-order chi connectivity index (χ1) is 11.3. The predicted octanol–water partition coefficient (Wildman–Crippen LogP) is 5.35. The van der Waals surface area contributed by atoms with E-state index >= 15 is 0 Å². The standard InChI is InChI=1S/C19H25ClN2S/c1-2-3-12-21-15-10-13-22(14-11-15)23-19-9-5-6-16-17(19)7-4-8-18(16)20/h4-9,15,21H,2-3,10-14H2,1H3. The summed E-state index contributed by atoms with van der Waals surface area (Å²) < 4.78 is 2.49. The van der Waals surface area contributed by atoms with Crippen LogP contribution in [-0.2, 0) is 0 Å². The molecule has 124 valence electrons. The summed E-state index contributed by atoms with van der Waals surface area (Å²) in [6.07, 6.45) is 5.03. The summed E-state index contributed by atoms with van der Waals surface area (Å²) in [6, 6.07) is 13.3.